The Kier molecular flexibility index (Phi) is 6.06. The average molecular weight is 409 g/mol. The largest absolute Gasteiger partial charge is 0.348 e. The second-order valence-corrected chi connectivity index (χ2v) is 7.83. The Labute approximate surface area is 168 Å². The molecular weight excluding hydrogens is 390 g/mol. The second-order valence-electron chi connectivity index (χ2n) is 6.27. The van der Waals surface area contributed by atoms with Crippen molar-refractivity contribution in [1.29, 1.82) is 0 Å². The van der Waals surface area contributed by atoms with Crippen LogP contribution in [0.25, 0.3) is 0 Å². The molecule has 0 bridgehead atoms. The maximum absolute atomic E-state index is 12.3. The van der Waals surface area contributed by atoms with E-state index in [0.717, 1.165) is 5.56 Å². The molecule has 0 aliphatic rings. The van der Waals surface area contributed by atoms with Gasteiger partial charge in [0.25, 0.3) is 11.8 Å². The van der Waals surface area contributed by atoms with E-state index in [1.54, 1.807) is 48.5 Å². The molecule has 0 radical (unpaired) electrons. The first-order chi connectivity index (χ1) is 13.8. The van der Waals surface area contributed by atoms with Crippen molar-refractivity contribution in [2.24, 2.45) is 5.14 Å². The van der Waals surface area contributed by atoms with Crippen LogP contribution in [0.3, 0.4) is 0 Å². The molecule has 0 spiro atoms. The molecule has 0 fully saturated rings. The first-order valence-corrected chi connectivity index (χ1v) is 10.2. The zero-order valence-corrected chi connectivity index (χ0v) is 16.1. The molecule has 3 rings (SSSR count). The van der Waals surface area contributed by atoms with E-state index >= 15 is 0 Å². The Bertz CT molecular complexity index is 1110. The molecule has 0 saturated heterocycles. The monoisotopic (exact) mass is 409 g/mol. The van der Waals surface area contributed by atoms with E-state index in [-0.39, 0.29) is 16.7 Å². The minimum absolute atomic E-state index is 0.0302. The smallest absolute Gasteiger partial charge is 0.255 e. The third-order valence-corrected chi connectivity index (χ3v) is 5.08. The number of nitrogens with two attached hydrogens (primary N) is 1. The van der Waals surface area contributed by atoms with E-state index in [1.165, 1.54) is 24.3 Å². The lowest BCUT2D eigenvalue weighted by atomic mass is 10.1. The van der Waals surface area contributed by atoms with E-state index < -0.39 is 10.0 Å². The Morgan fingerprint density at radius 3 is 1.93 bits per heavy atom. The van der Waals surface area contributed by atoms with Crippen LogP contribution >= 0.6 is 0 Å². The third-order valence-electron chi connectivity index (χ3n) is 4.15. The van der Waals surface area contributed by atoms with Crippen molar-refractivity contribution >= 4 is 27.5 Å². The van der Waals surface area contributed by atoms with Gasteiger partial charge in [0.2, 0.25) is 10.0 Å². The van der Waals surface area contributed by atoms with E-state index in [1.807, 2.05) is 6.07 Å². The van der Waals surface area contributed by atoms with Crippen LogP contribution in [0.4, 0.5) is 5.69 Å². The van der Waals surface area contributed by atoms with E-state index in [4.69, 9.17) is 5.14 Å². The van der Waals surface area contributed by atoms with Crippen LogP contribution in [0.1, 0.15) is 26.3 Å². The van der Waals surface area contributed by atoms with Crippen LogP contribution in [0, 0.1) is 0 Å². The van der Waals surface area contributed by atoms with Crippen LogP contribution in [0.5, 0.6) is 0 Å². The molecule has 148 valence electrons. The number of hydrogen-bond donors (Lipinski definition) is 3. The molecule has 0 atom stereocenters. The van der Waals surface area contributed by atoms with Crippen molar-refractivity contribution in [1.82, 2.24) is 5.32 Å². The number of anilines is 1. The second kappa shape index (κ2) is 8.68. The summed E-state index contributed by atoms with van der Waals surface area (Å²) in [5, 5.41) is 10.6. The van der Waals surface area contributed by atoms with E-state index in [2.05, 4.69) is 10.6 Å². The number of sulfonamides is 1. The highest BCUT2D eigenvalue weighted by molar-refractivity contribution is 7.89. The quantitative estimate of drug-likeness (QED) is 0.580. The zero-order chi connectivity index (χ0) is 20.9. The summed E-state index contributed by atoms with van der Waals surface area (Å²) >= 11 is 0. The van der Waals surface area contributed by atoms with Gasteiger partial charge in [0, 0.05) is 23.4 Å². The molecule has 2 amide bonds. The van der Waals surface area contributed by atoms with Gasteiger partial charge < -0.3 is 10.6 Å². The summed E-state index contributed by atoms with van der Waals surface area (Å²) in [5.41, 5.74) is 2.31. The zero-order valence-electron chi connectivity index (χ0n) is 15.3. The Hall–Kier alpha value is -3.49. The minimum Gasteiger partial charge on any atom is -0.348 e. The van der Waals surface area contributed by atoms with Crippen LogP contribution in [0.2, 0.25) is 0 Å². The Balaban J connectivity index is 1.58. The summed E-state index contributed by atoms with van der Waals surface area (Å²) in [6, 6.07) is 21.3. The van der Waals surface area contributed by atoms with Gasteiger partial charge in [-0.15, -0.1) is 0 Å². The van der Waals surface area contributed by atoms with Crippen LogP contribution in [-0.4, -0.2) is 20.2 Å². The van der Waals surface area contributed by atoms with Crippen LogP contribution in [-0.2, 0) is 16.6 Å². The van der Waals surface area contributed by atoms with Gasteiger partial charge in [-0.05, 0) is 54.1 Å². The number of carbonyl (C=O) groups excluding carboxylic acids is 2. The van der Waals surface area contributed by atoms with Gasteiger partial charge in [0.05, 0.1) is 4.90 Å². The average Bonchev–Trinajstić information content (AvgIpc) is 2.72. The van der Waals surface area contributed by atoms with Gasteiger partial charge in [0.1, 0.15) is 0 Å². The molecule has 0 unspecified atom stereocenters. The molecule has 3 aromatic carbocycles. The van der Waals surface area contributed by atoms with Crippen molar-refractivity contribution in [3.8, 4) is 0 Å². The highest BCUT2D eigenvalue weighted by Gasteiger charge is 2.10. The number of hydrogen-bond acceptors (Lipinski definition) is 4. The summed E-state index contributed by atoms with van der Waals surface area (Å²) in [4.78, 5) is 24.4. The number of amides is 2. The summed E-state index contributed by atoms with van der Waals surface area (Å²) < 4.78 is 22.5. The lowest BCUT2D eigenvalue weighted by Crippen LogP contribution is -2.22. The van der Waals surface area contributed by atoms with Crippen molar-refractivity contribution in [2.75, 3.05) is 5.32 Å². The van der Waals surface area contributed by atoms with Gasteiger partial charge in [-0.1, -0.05) is 30.3 Å². The summed E-state index contributed by atoms with van der Waals surface area (Å²) in [5.74, 6) is -0.511. The maximum atomic E-state index is 12.3. The van der Waals surface area contributed by atoms with E-state index in [0.29, 0.717) is 23.4 Å². The van der Waals surface area contributed by atoms with Gasteiger partial charge in [-0.25, -0.2) is 13.6 Å². The Morgan fingerprint density at radius 2 is 1.34 bits per heavy atom. The highest BCUT2D eigenvalue weighted by Crippen LogP contribution is 2.14. The molecule has 7 nitrogen and oxygen atoms in total. The van der Waals surface area contributed by atoms with Gasteiger partial charge >= 0.3 is 0 Å². The lowest BCUT2D eigenvalue weighted by molar-refractivity contribution is 0.0949. The van der Waals surface area contributed by atoms with Crippen molar-refractivity contribution < 1.29 is 18.0 Å². The molecule has 0 saturated carbocycles. The standard InChI is InChI=1S/C21H19N3O4S/c22-29(27,28)19-12-10-18(11-13-19)24-21(26)17-8-6-15(7-9-17)14-23-20(25)16-4-2-1-3-5-16/h1-13H,14H2,(H,23,25)(H,24,26)(H2,22,27,28). The molecular formula is C21H19N3O4S. The molecule has 0 aliphatic carbocycles. The lowest BCUT2D eigenvalue weighted by Gasteiger charge is -2.08. The summed E-state index contributed by atoms with van der Waals surface area (Å²) in [6.07, 6.45) is 0. The first-order valence-electron chi connectivity index (χ1n) is 8.69. The predicted octanol–water partition coefficient (Wildman–Crippen LogP) is 2.52. The number of nitrogens with one attached hydrogen (secondary N) is 2. The van der Waals surface area contributed by atoms with E-state index in [9.17, 15) is 18.0 Å². The summed E-state index contributed by atoms with van der Waals surface area (Å²) in [6.45, 7) is 0.338. The number of rotatable bonds is 6. The molecule has 0 aromatic heterocycles. The fourth-order valence-electron chi connectivity index (χ4n) is 2.58. The van der Waals surface area contributed by atoms with Crippen molar-refractivity contribution in [2.45, 2.75) is 11.4 Å². The molecule has 4 N–H and O–H groups in total. The SMILES string of the molecule is NS(=O)(=O)c1ccc(NC(=O)c2ccc(CNC(=O)c3ccccc3)cc2)cc1. The molecule has 3 aromatic rings. The topological polar surface area (TPSA) is 118 Å². The van der Waals surface area contributed by atoms with Gasteiger partial charge in [-0.3, -0.25) is 9.59 Å². The fourth-order valence-corrected chi connectivity index (χ4v) is 3.09. The number of primary sulfonamides is 1. The third kappa shape index (κ3) is 5.50. The van der Waals surface area contributed by atoms with Crippen LogP contribution in [0.15, 0.2) is 83.8 Å². The minimum atomic E-state index is -3.78. The predicted molar refractivity (Wildman–Crippen MR) is 110 cm³/mol. The number of benzene rings is 3. The van der Waals surface area contributed by atoms with Gasteiger partial charge in [0.15, 0.2) is 0 Å². The van der Waals surface area contributed by atoms with Crippen LogP contribution < -0.4 is 15.8 Å². The maximum Gasteiger partial charge on any atom is 0.255 e. The molecule has 8 heteroatoms. The first kappa shape index (κ1) is 20.2. The highest BCUT2D eigenvalue weighted by atomic mass is 32.2. The summed E-state index contributed by atoms with van der Waals surface area (Å²) in [7, 11) is -3.78. The molecule has 0 aliphatic heterocycles. The number of carbonyl (C=O) groups is 2. The molecule has 29 heavy (non-hydrogen) atoms. The van der Waals surface area contributed by atoms with Crippen molar-refractivity contribution in [3.05, 3.63) is 95.6 Å². The fraction of sp³-hybridized carbons (Fsp3) is 0.0476. The molecule has 0 heterocycles. The van der Waals surface area contributed by atoms with Crippen molar-refractivity contribution in [3.63, 3.8) is 0 Å². The van der Waals surface area contributed by atoms with Gasteiger partial charge in [-0.2, -0.15) is 0 Å². The Morgan fingerprint density at radius 1 is 0.759 bits per heavy atom. The normalized spacial score (nSPS) is 10.9.